The second-order valence-electron chi connectivity index (χ2n) is 8.20. The number of ether oxygens (including phenoxy) is 1. The van der Waals surface area contributed by atoms with Crippen molar-refractivity contribution in [2.24, 2.45) is 0 Å². The molecule has 0 aliphatic heterocycles. The molecule has 172 valence electrons. The van der Waals surface area contributed by atoms with E-state index in [4.69, 9.17) is 20.4 Å². The fraction of sp³-hybridized carbons (Fsp3) is 0.292. The van der Waals surface area contributed by atoms with Crippen LogP contribution in [-0.2, 0) is 0 Å². The van der Waals surface area contributed by atoms with Gasteiger partial charge in [-0.2, -0.15) is 0 Å². The number of fused-ring (bicyclic) bond motifs is 1. The number of aromatic nitrogens is 4. The molecule has 0 aliphatic rings. The van der Waals surface area contributed by atoms with Crippen molar-refractivity contribution < 1.29 is 4.74 Å². The number of likely N-dealkylation sites (N-methyl/N-ethyl adjacent to an activating group) is 2. The van der Waals surface area contributed by atoms with E-state index in [2.05, 4.69) is 20.1 Å². The van der Waals surface area contributed by atoms with Gasteiger partial charge in [0.25, 0.3) is 0 Å². The van der Waals surface area contributed by atoms with E-state index < -0.39 is 0 Å². The fourth-order valence-electron chi connectivity index (χ4n) is 3.69. The molecule has 0 spiro atoms. The van der Waals surface area contributed by atoms with Crippen molar-refractivity contribution in [3.8, 4) is 17.3 Å². The highest BCUT2D eigenvalue weighted by Crippen LogP contribution is 2.36. The van der Waals surface area contributed by atoms with Crippen molar-refractivity contribution in [3.63, 3.8) is 0 Å². The molecule has 0 amide bonds. The number of methoxy groups -OCH3 is 1. The van der Waals surface area contributed by atoms with E-state index in [1.807, 2.05) is 75.1 Å². The minimum atomic E-state index is 0.434. The molecule has 0 bridgehead atoms. The number of aryl methyl sites for hydroxylation is 1. The standard InChI is InChI=1S/C24H30N8O/c1-16-20-8-6-7-11-32(20)23(27-16)18-9-10-26-24(28-18)29-19-14-17(25)21(15-22(19)33-5)31(4)13-12-30(2)3/h6-11,14-15H,12-13,25H2,1-5H3,(H,26,28,29). The first-order chi connectivity index (χ1) is 15.9. The number of nitrogens with one attached hydrogen (secondary N) is 1. The smallest absolute Gasteiger partial charge is 0.227 e. The van der Waals surface area contributed by atoms with E-state index in [9.17, 15) is 0 Å². The van der Waals surface area contributed by atoms with Gasteiger partial charge in [0.2, 0.25) is 5.95 Å². The Labute approximate surface area is 193 Å². The molecule has 3 aromatic heterocycles. The second-order valence-corrected chi connectivity index (χ2v) is 8.20. The van der Waals surface area contributed by atoms with Crippen LogP contribution in [0.2, 0.25) is 0 Å². The lowest BCUT2D eigenvalue weighted by Crippen LogP contribution is -2.29. The molecule has 0 atom stereocenters. The highest BCUT2D eigenvalue weighted by atomic mass is 16.5. The molecule has 4 rings (SSSR count). The quantitative estimate of drug-likeness (QED) is 0.398. The minimum Gasteiger partial charge on any atom is -0.494 e. The van der Waals surface area contributed by atoms with Gasteiger partial charge in [-0.25, -0.2) is 15.0 Å². The largest absolute Gasteiger partial charge is 0.494 e. The van der Waals surface area contributed by atoms with Gasteiger partial charge in [0, 0.05) is 38.6 Å². The Kier molecular flexibility index (Phi) is 6.32. The summed E-state index contributed by atoms with van der Waals surface area (Å²) in [6.45, 7) is 3.75. The summed E-state index contributed by atoms with van der Waals surface area (Å²) in [4.78, 5) is 18.0. The third-order valence-electron chi connectivity index (χ3n) is 5.51. The summed E-state index contributed by atoms with van der Waals surface area (Å²) in [5.74, 6) is 1.86. The first-order valence-electron chi connectivity index (χ1n) is 10.7. The van der Waals surface area contributed by atoms with Crippen molar-refractivity contribution in [2.45, 2.75) is 6.92 Å². The van der Waals surface area contributed by atoms with Gasteiger partial charge in [-0.05, 0) is 45.3 Å². The van der Waals surface area contributed by atoms with E-state index in [1.54, 1.807) is 13.3 Å². The Morgan fingerprint density at radius 1 is 1.09 bits per heavy atom. The number of pyridine rings is 1. The zero-order valence-electron chi connectivity index (χ0n) is 19.7. The molecule has 3 heterocycles. The summed E-state index contributed by atoms with van der Waals surface area (Å²) in [5, 5.41) is 3.25. The van der Waals surface area contributed by atoms with Gasteiger partial charge < -0.3 is 25.6 Å². The highest BCUT2D eigenvalue weighted by Gasteiger charge is 2.15. The summed E-state index contributed by atoms with van der Waals surface area (Å²) >= 11 is 0. The van der Waals surface area contributed by atoms with E-state index in [0.29, 0.717) is 28.8 Å². The van der Waals surface area contributed by atoms with E-state index in [-0.39, 0.29) is 0 Å². The van der Waals surface area contributed by atoms with Crippen LogP contribution in [0, 0.1) is 6.92 Å². The average Bonchev–Trinajstić information content (AvgIpc) is 3.14. The average molecular weight is 447 g/mol. The van der Waals surface area contributed by atoms with E-state index in [1.165, 1.54) is 0 Å². The number of nitrogen functional groups attached to an aromatic ring is 1. The molecule has 33 heavy (non-hydrogen) atoms. The van der Waals surface area contributed by atoms with Crippen LogP contribution in [0.4, 0.5) is 23.0 Å². The number of nitrogens with zero attached hydrogens (tertiary/aromatic N) is 6. The fourth-order valence-corrected chi connectivity index (χ4v) is 3.69. The van der Waals surface area contributed by atoms with Crippen LogP contribution in [0.25, 0.3) is 17.0 Å². The molecule has 0 unspecified atom stereocenters. The zero-order valence-corrected chi connectivity index (χ0v) is 19.7. The molecule has 1 aromatic carbocycles. The third-order valence-corrected chi connectivity index (χ3v) is 5.51. The SMILES string of the molecule is COc1cc(N(C)CCN(C)C)c(N)cc1Nc1nccc(-c2nc(C)c3ccccn23)n1. The summed E-state index contributed by atoms with van der Waals surface area (Å²) in [6, 6.07) is 11.6. The first-order valence-corrected chi connectivity index (χ1v) is 10.7. The van der Waals surface area contributed by atoms with Crippen molar-refractivity contribution >= 4 is 28.5 Å². The molecular weight excluding hydrogens is 416 g/mol. The highest BCUT2D eigenvalue weighted by molar-refractivity contribution is 5.79. The van der Waals surface area contributed by atoms with Gasteiger partial charge in [0.15, 0.2) is 5.82 Å². The molecule has 0 aliphatic carbocycles. The van der Waals surface area contributed by atoms with Crippen LogP contribution in [0.3, 0.4) is 0 Å². The number of hydrogen-bond donors (Lipinski definition) is 2. The summed E-state index contributed by atoms with van der Waals surface area (Å²) < 4.78 is 7.66. The lowest BCUT2D eigenvalue weighted by Gasteiger charge is -2.24. The number of nitrogens with two attached hydrogens (primary N) is 1. The Bertz CT molecular complexity index is 1270. The molecule has 0 fully saturated rings. The molecule has 9 heteroatoms. The molecule has 0 saturated carbocycles. The van der Waals surface area contributed by atoms with Gasteiger partial charge >= 0.3 is 0 Å². The Morgan fingerprint density at radius 3 is 2.67 bits per heavy atom. The lowest BCUT2D eigenvalue weighted by molar-refractivity contribution is 0.413. The van der Waals surface area contributed by atoms with Crippen LogP contribution in [0.5, 0.6) is 5.75 Å². The van der Waals surface area contributed by atoms with Crippen LogP contribution < -0.4 is 20.7 Å². The van der Waals surface area contributed by atoms with Crippen molar-refractivity contribution in [2.75, 3.05) is 57.3 Å². The maximum atomic E-state index is 6.39. The minimum absolute atomic E-state index is 0.434. The van der Waals surface area contributed by atoms with Gasteiger partial charge in [0.05, 0.1) is 35.4 Å². The van der Waals surface area contributed by atoms with Crippen molar-refractivity contribution in [3.05, 3.63) is 54.5 Å². The number of hydrogen-bond acceptors (Lipinski definition) is 8. The van der Waals surface area contributed by atoms with Gasteiger partial charge in [-0.15, -0.1) is 0 Å². The second kappa shape index (κ2) is 9.33. The number of benzene rings is 1. The number of rotatable bonds is 8. The summed E-state index contributed by atoms with van der Waals surface area (Å²) in [7, 11) is 7.75. The van der Waals surface area contributed by atoms with Crippen LogP contribution in [0.15, 0.2) is 48.8 Å². The monoisotopic (exact) mass is 446 g/mol. The van der Waals surface area contributed by atoms with Crippen LogP contribution in [0.1, 0.15) is 5.69 Å². The maximum absolute atomic E-state index is 6.39. The maximum Gasteiger partial charge on any atom is 0.227 e. The predicted molar refractivity (Wildman–Crippen MR) is 133 cm³/mol. The van der Waals surface area contributed by atoms with Gasteiger partial charge in [-0.3, -0.25) is 4.40 Å². The van der Waals surface area contributed by atoms with E-state index in [0.717, 1.165) is 35.8 Å². The van der Waals surface area contributed by atoms with Crippen LogP contribution >= 0.6 is 0 Å². The van der Waals surface area contributed by atoms with Gasteiger partial charge in [0.1, 0.15) is 11.4 Å². The van der Waals surface area contributed by atoms with Crippen molar-refractivity contribution in [1.29, 1.82) is 0 Å². The molecule has 0 saturated heterocycles. The lowest BCUT2D eigenvalue weighted by atomic mass is 10.2. The topological polar surface area (TPSA) is 96.8 Å². The number of anilines is 4. The Hall–Kier alpha value is -3.85. The first kappa shape index (κ1) is 22.3. The van der Waals surface area contributed by atoms with E-state index >= 15 is 0 Å². The van der Waals surface area contributed by atoms with Crippen molar-refractivity contribution in [1.82, 2.24) is 24.3 Å². The number of imidazole rings is 1. The molecule has 3 N–H and O–H groups in total. The predicted octanol–water partition coefficient (Wildman–Crippen LogP) is 3.43. The third kappa shape index (κ3) is 4.68. The Morgan fingerprint density at radius 2 is 1.91 bits per heavy atom. The zero-order chi connectivity index (χ0) is 23.5. The summed E-state index contributed by atoms with van der Waals surface area (Å²) in [6.07, 6.45) is 3.69. The van der Waals surface area contributed by atoms with Gasteiger partial charge in [-0.1, -0.05) is 6.07 Å². The normalized spacial score (nSPS) is 11.2. The Balaban J connectivity index is 1.63. The summed E-state index contributed by atoms with van der Waals surface area (Å²) in [5.41, 5.74) is 11.3. The molecule has 0 radical (unpaired) electrons. The van der Waals surface area contributed by atoms with Crippen LogP contribution in [-0.4, -0.2) is 65.6 Å². The molecular formula is C24H30N8O. The molecule has 4 aromatic rings. The molecule has 9 nitrogen and oxygen atoms in total.